The molecule has 2 atom stereocenters. The number of carbonyl (C=O) groups excluding carboxylic acids is 2. The van der Waals surface area contributed by atoms with Crippen LogP contribution < -0.4 is 10.6 Å². The van der Waals surface area contributed by atoms with Crippen LogP contribution in [0.3, 0.4) is 0 Å². The summed E-state index contributed by atoms with van der Waals surface area (Å²) in [5.74, 6) is -1.62. The topological polar surface area (TPSA) is 133 Å². The molecule has 1 aromatic heterocycles. The molecule has 1 aliphatic rings. The van der Waals surface area contributed by atoms with Gasteiger partial charge in [0.05, 0.1) is 17.2 Å². The lowest BCUT2D eigenvalue weighted by atomic mass is 9.74. The third kappa shape index (κ3) is 6.46. The van der Waals surface area contributed by atoms with Crippen molar-refractivity contribution in [2.75, 3.05) is 0 Å². The molecular formula is C29H35BN4O5. The second-order valence-electron chi connectivity index (χ2n) is 11.0. The molecule has 3 aromatic rings. The SMILES string of the molecule is CC(C)C[C@H](NC(=O)C1(Cc2ccccc2)CC(C(C)(C)NC(=O)c2nccc3ccccc23)=NO1)B(O)O. The Morgan fingerprint density at radius 1 is 1.08 bits per heavy atom. The second kappa shape index (κ2) is 11.5. The van der Waals surface area contributed by atoms with Crippen LogP contribution in [0.1, 0.15) is 56.6 Å². The van der Waals surface area contributed by atoms with Crippen molar-refractivity contribution in [1.82, 2.24) is 15.6 Å². The van der Waals surface area contributed by atoms with Crippen LogP contribution in [-0.2, 0) is 16.1 Å². The van der Waals surface area contributed by atoms with Gasteiger partial charge in [-0.25, -0.2) is 0 Å². The smallest absolute Gasteiger partial charge is 0.426 e. The van der Waals surface area contributed by atoms with E-state index in [1.54, 1.807) is 20.0 Å². The van der Waals surface area contributed by atoms with Crippen molar-refractivity contribution in [1.29, 1.82) is 0 Å². The van der Waals surface area contributed by atoms with Gasteiger partial charge in [-0.15, -0.1) is 0 Å². The monoisotopic (exact) mass is 530 g/mol. The summed E-state index contributed by atoms with van der Waals surface area (Å²) in [5, 5.41) is 31.5. The first-order chi connectivity index (χ1) is 18.5. The minimum Gasteiger partial charge on any atom is -0.426 e. The van der Waals surface area contributed by atoms with E-state index < -0.39 is 30.1 Å². The quantitative estimate of drug-likeness (QED) is 0.298. The van der Waals surface area contributed by atoms with Gasteiger partial charge in [-0.1, -0.05) is 73.6 Å². The molecule has 9 nitrogen and oxygen atoms in total. The Morgan fingerprint density at radius 3 is 2.46 bits per heavy atom. The largest absolute Gasteiger partial charge is 0.475 e. The predicted molar refractivity (Wildman–Crippen MR) is 151 cm³/mol. The van der Waals surface area contributed by atoms with Crippen LogP contribution in [0, 0.1) is 5.92 Å². The summed E-state index contributed by atoms with van der Waals surface area (Å²) < 4.78 is 0. The van der Waals surface area contributed by atoms with E-state index in [9.17, 15) is 19.6 Å². The Labute approximate surface area is 228 Å². The van der Waals surface area contributed by atoms with Gasteiger partial charge in [-0.05, 0) is 43.2 Å². The molecule has 0 spiro atoms. The Morgan fingerprint density at radius 2 is 1.77 bits per heavy atom. The van der Waals surface area contributed by atoms with Crippen molar-refractivity contribution < 1.29 is 24.5 Å². The molecule has 0 saturated heterocycles. The highest BCUT2D eigenvalue weighted by Gasteiger charge is 2.51. The lowest BCUT2D eigenvalue weighted by Crippen LogP contribution is -2.57. The third-order valence-corrected chi connectivity index (χ3v) is 6.97. The standard InChI is InChI=1S/C29H35BN4O5/c1-19(2)16-24(30(37)38)32-27(36)29(17-20-10-6-5-7-11-20)18-23(34-39-29)28(3,4)33-26(35)25-22-13-9-8-12-21(22)14-15-31-25/h5-15,19,24,37-38H,16-18H2,1-4H3,(H,32,36)(H,33,35)/t24-,29?/m0/s1. The number of hydrogen-bond acceptors (Lipinski definition) is 7. The number of amides is 2. The highest BCUT2D eigenvalue weighted by Crippen LogP contribution is 2.33. The predicted octanol–water partition coefficient (Wildman–Crippen LogP) is 3.04. The van der Waals surface area contributed by atoms with Crippen molar-refractivity contribution in [2.24, 2.45) is 11.1 Å². The molecule has 0 radical (unpaired) electrons. The summed E-state index contributed by atoms with van der Waals surface area (Å²) in [5.41, 5.74) is -0.770. The molecule has 1 unspecified atom stereocenters. The zero-order chi connectivity index (χ0) is 28.2. The zero-order valence-corrected chi connectivity index (χ0v) is 22.7. The average Bonchev–Trinajstić information content (AvgIpc) is 3.34. The van der Waals surface area contributed by atoms with Crippen molar-refractivity contribution in [3.05, 3.63) is 78.1 Å². The normalized spacial score (nSPS) is 17.9. The summed E-state index contributed by atoms with van der Waals surface area (Å²) in [6.07, 6.45) is 2.27. The van der Waals surface area contributed by atoms with Crippen molar-refractivity contribution >= 4 is 35.4 Å². The number of benzene rings is 2. The fourth-order valence-electron chi connectivity index (χ4n) is 4.81. The Hall–Kier alpha value is -3.76. The fourth-order valence-corrected chi connectivity index (χ4v) is 4.81. The third-order valence-electron chi connectivity index (χ3n) is 6.97. The highest BCUT2D eigenvalue weighted by molar-refractivity contribution is 6.43. The first-order valence-electron chi connectivity index (χ1n) is 13.1. The number of pyridine rings is 1. The molecule has 204 valence electrons. The van der Waals surface area contributed by atoms with Crippen molar-refractivity contribution in [3.8, 4) is 0 Å². The summed E-state index contributed by atoms with van der Waals surface area (Å²) >= 11 is 0. The van der Waals surface area contributed by atoms with Crippen LogP contribution in [0.25, 0.3) is 10.8 Å². The number of hydrogen-bond donors (Lipinski definition) is 4. The van der Waals surface area contributed by atoms with Crippen LogP contribution >= 0.6 is 0 Å². The fraction of sp³-hybridized carbons (Fsp3) is 0.379. The highest BCUT2D eigenvalue weighted by atomic mass is 16.7. The first-order valence-corrected chi connectivity index (χ1v) is 13.1. The van der Waals surface area contributed by atoms with Crippen molar-refractivity contribution in [2.45, 2.75) is 64.0 Å². The van der Waals surface area contributed by atoms with E-state index in [2.05, 4.69) is 20.8 Å². The summed E-state index contributed by atoms with van der Waals surface area (Å²) in [6, 6.07) is 18.8. The van der Waals surface area contributed by atoms with E-state index in [0.29, 0.717) is 17.8 Å². The van der Waals surface area contributed by atoms with Crippen LogP contribution in [0.5, 0.6) is 0 Å². The Bertz CT molecular complexity index is 1360. The maximum absolute atomic E-state index is 13.7. The van der Waals surface area contributed by atoms with Crippen molar-refractivity contribution in [3.63, 3.8) is 0 Å². The van der Waals surface area contributed by atoms with Crippen LogP contribution in [0.2, 0.25) is 0 Å². The van der Waals surface area contributed by atoms with Gasteiger partial charge in [0, 0.05) is 24.4 Å². The number of rotatable bonds is 10. The summed E-state index contributed by atoms with van der Waals surface area (Å²) in [7, 11) is -1.73. The number of fused-ring (bicyclic) bond motifs is 1. The molecule has 10 heteroatoms. The molecule has 2 heterocycles. The lowest BCUT2D eigenvalue weighted by Gasteiger charge is -2.30. The number of aromatic nitrogens is 1. The average molecular weight is 530 g/mol. The van der Waals surface area contributed by atoms with E-state index >= 15 is 0 Å². The molecule has 4 rings (SSSR count). The number of nitrogens with one attached hydrogen (secondary N) is 2. The van der Waals surface area contributed by atoms with E-state index in [4.69, 9.17) is 4.84 Å². The number of carbonyl (C=O) groups is 2. The molecule has 0 fully saturated rings. The molecule has 0 aliphatic carbocycles. The van der Waals surface area contributed by atoms with Crippen LogP contribution in [-0.4, -0.2) is 56.8 Å². The minimum atomic E-state index is -1.73. The Kier molecular flexibility index (Phi) is 8.37. The van der Waals surface area contributed by atoms with Gasteiger partial charge in [0.15, 0.2) is 0 Å². The molecule has 2 amide bonds. The number of oxime groups is 1. The maximum Gasteiger partial charge on any atom is 0.475 e. The van der Waals surface area contributed by atoms with Gasteiger partial charge in [-0.2, -0.15) is 0 Å². The molecule has 1 aliphatic heterocycles. The van der Waals surface area contributed by atoms with Gasteiger partial charge in [0.2, 0.25) is 5.60 Å². The second-order valence-corrected chi connectivity index (χ2v) is 11.0. The van der Waals surface area contributed by atoms with Gasteiger partial charge in [0.1, 0.15) is 5.69 Å². The maximum atomic E-state index is 13.7. The molecule has 4 N–H and O–H groups in total. The lowest BCUT2D eigenvalue weighted by molar-refractivity contribution is -0.144. The minimum absolute atomic E-state index is 0.0971. The molecular weight excluding hydrogens is 495 g/mol. The van der Waals surface area contributed by atoms with E-state index in [1.807, 2.05) is 74.5 Å². The zero-order valence-electron chi connectivity index (χ0n) is 22.7. The van der Waals surface area contributed by atoms with E-state index in [1.165, 1.54) is 0 Å². The van der Waals surface area contributed by atoms with Crippen LogP contribution in [0.4, 0.5) is 0 Å². The summed E-state index contributed by atoms with van der Waals surface area (Å²) in [4.78, 5) is 37.2. The van der Waals surface area contributed by atoms with Gasteiger partial charge < -0.3 is 25.5 Å². The molecule has 2 aromatic carbocycles. The molecule has 39 heavy (non-hydrogen) atoms. The summed E-state index contributed by atoms with van der Waals surface area (Å²) in [6.45, 7) is 7.47. The van der Waals surface area contributed by atoms with Gasteiger partial charge >= 0.3 is 7.12 Å². The van der Waals surface area contributed by atoms with E-state index in [-0.39, 0.29) is 24.7 Å². The van der Waals surface area contributed by atoms with Gasteiger partial charge in [0.25, 0.3) is 11.8 Å². The van der Waals surface area contributed by atoms with E-state index in [0.717, 1.165) is 16.3 Å². The first kappa shape index (κ1) is 28.3. The van der Waals surface area contributed by atoms with Crippen LogP contribution in [0.15, 0.2) is 72.0 Å². The number of nitrogens with zero attached hydrogens (tertiary/aromatic N) is 2. The molecule has 0 bridgehead atoms. The van der Waals surface area contributed by atoms with Gasteiger partial charge in [-0.3, -0.25) is 14.6 Å². The molecule has 0 saturated carbocycles. The Balaban J connectivity index is 1.58.